The summed E-state index contributed by atoms with van der Waals surface area (Å²) < 4.78 is 10.8. The van der Waals surface area contributed by atoms with E-state index in [2.05, 4.69) is 5.32 Å². The number of rotatable bonds is 7. The zero-order valence-electron chi connectivity index (χ0n) is 17.0. The van der Waals surface area contributed by atoms with Crippen molar-refractivity contribution >= 4 is 35.0 Å². The molecule has 1 aliphatic heterocycles. The molecule has 4 rings (SSSR count). The van der Waals surface area contributed by atoms with Crippen molar-refractivity contribution in [2.45, 2.75) is 44.3 Å². The fourth-order valence-corrected chi connectivity index (χ4v) is 4.38. The number of carbonyl (C=O) groups excluding carboxylic acids is 2. The average Bonchev–Trinajstić information content (AvgIpc) is 3.45. The second kappa shape index (κ2) is 9.79. The number of nitrogens with zero attached hydrogens (tertiary/aromatic N) is 1. The maximum atomic E-state index is 13.4. The molecule has 0 radical (unpaired) electrons. The molecule has 6 nitrogen and oxygen atoms in total. The second-order valence-electron chi connectivity index (χ2n) is 7.79. The Balaban J connectivity index is 1.66. The fraction of sp³-hybridized carbons (Fsp3) is 0.391. The Labute approximate surface area is 191 Å². The number of halogens is 2. The number of nitrogens with one attached hydrogen (secondary N) is 1. The standard InChI is InChI=1S/C23H24Cl2N2O4/c24-12-21(28)27(13-15-5-10-19-20(11-15)31-14-30-19)22(16-6-8-17(25)9-7-16)23(29)26-18-3-1-2-4-18/h5-11,18,22H,1-4,12-14H2,(H,26,29)/t22-/m0/s1. The van der Waals surface area contributed by atoms with Crippen molar-refractivity contribution in [3.63, 3.8) is 0 Å². The van der Waals surface area contributed by atoms with E-state index in [1.165, 1.54) is 4.90 Å². The molecule has 8 heteroatoms. The lowest BCUT2D eigenvalue weighted by Gasteiger charge is -2.32. The Kier molecular flexibility index (Phi) is 6.88. The predicted molar refractivity (Wildman–Crippen MR) is 118 cm³/mol. The van der Waals surface area contributed by atoms with Gasteiger partial charge in [0.2, 0.25) is 18.6 Å². The van der Waals surface area contributed by atoms with E-state index in [1.807, 2.05) is 12.1 Å². The molecule has 0 spiro atoms. The first-order chi connectivity index (χ1) is 15.0. The minimum absolute atomic E-state index is 0.126. The van der Waals surface area contributed by atoms with Gasteiger partial charge < -0.3 is 19.7 Å². The van der Waals surface area contributed by atoms with Gasteiger partial charge in [-0.2, -0.15) is 0 Å². The molecule has 0 bridgehead atoms. The van der Waals surface area contributed by atoms with Gasteiger partial charge in [0.1, 0.15) is 11.9 Å². The van der Waals surface area contributed by atoms with Crippen LogP contribution in [-0.2, 0) is 16.1 Å². The van der Waals surface area contributed by atoms with Crippen molar-refractivity contribution in [3.8, 4) is 11.5 Å². The summed E-state index contributed by atoms with van der Waals surface area (Å²) in [6, 6.07) is 11.8. The minimum atomic E-state index is -0.825. The fourth-order valence-electron chi connectivity index (χ4n) is 4.10. The molecule has 0 unspecified atom stereocenters. The highest BCUT2D eigenvalue weighted by atomic mass is 35.5. The van der Waals surface area contributed by atoms with Crippen LogP contribution >= 0.6 is 23.2 Å². The Hall–Kier alpha value is -2.44. The van der Waals surface area contributed by atoms with E-state index in [4.69, 9.17) is 32.7 Å². The summed E-state index contributed by atoms with van der Waals surface area (Å²) in [4.78, 5) is 27.8. The van der Waals surface area contributed by atoms with Crippen LogP contribution in [-0.4, -0.2) is 35.4 Å². The van der Waals surface area contributed by atoms with Gasteiger partial charge in [-0.05, 0) is 48.2 Å². The summed E-state index contributed by atoms with van der Waals surface area (Å²) in [6.45, 7) is 0.369. The van der Waals surface area contributed by atoms with Crippen LogP contribution in [0.4, 0.5) is 0 Å². The molecule has 1 N–H and O–H groups in total. The smallest absolute Gasteiger partial charge is 0.247 e. The Morgan fingerprint density at radius 3 is 2.48 bits per heavy atom. The topological polar surface area (TPSA) is 67.9 Å². The molecule has 2 aromatic rings. The summed E-state index contributed by atoms with van der Waals surface area (Å²) in [6.07, 6.45) is 4.09. The van der Waals surface area contributed by atoms with Gasteiger partial charge in [-0.3, -0.25) is 9.59 Å². The van der Waals surface area contributed by atoms with Crippen LogP contribution in [0.25, 0.3) is 0 Å². The highest BCUT2D eigenvalue weighted by molar-refractivity contribution is 6.30. The molecular weight excluding hydrogens is 439 g/mol. The van der Waals surface area contributed by atoms with E-state index in [9.17, 15) is 9.59 Å². The third-order valence-corrected chi connectivity index (χ3v) is 6.15. The van der Waals surface area contributed by atoms with Gasteiger partial charge >= 0.3 is 0 Å². The molecule has 1 heterocycles. The molecule has 1 fully saturated rings. The van der Waals surface area contributed by atoms with Crippen LogP contribution < -0.4 is 14.8 Å². The van der Waals surface area contributed by atoms with E-state index in [-0.39, 0.29) is 37.1 Å². The maximum Gasteiger partial charge on any atom is 0.247 e. The summed E-state index contributed by atoms with van der Waals surface area (Å²) in [5.41, 5.74) is 1.49. The zero-order chi connectivity index (χ0) is 21.8. The van der Waals surface area contributed by atoms with Crippen molar-refractivity contribution in [2.24, 2.45) is 0 Å². The van der Waals surface area contributed by atoms with Gasteiger partial charge in [-0.1, -0.05) is 42.6 Å². The van der Waals surface area contributed by atoms with Gasteiger partial charge in [-0.25, -0.2) is 0 Å². The first kappa shape index (κ1) is 21.8. The van der Waals surface area contributed by atoms with E-state index < -0.39 is 6.04 Å². The van der Waals surface area contributed by atoms with E-state index in [0.717, 1.165) is 31.2 Å². The van der Waals surface area contributed by atoms with Gasteiger partial charge in [0.05, 0.1) is 0 Å². The van der Waals surface area contributed by atoms with Crippen molar-refractivity contribution in [1.29, 1.82) is 0 Å². The molecule has 0 aromatic heterocycles. The number of carbonyl (C=O) groups is 2. The van der Waals surface area contributed by atoms with Gasteiger partial charge in [0.25, 0.3) is 0 Å². The molecule has 31 heavy (non-hydrogen) atoms. The van der Waals surface area contributed by atoms with Gasteiger partial charge in [0, 0.05) is 17.6 Å². The molecule has 0 saturated heterocycles. The number of hydrogen-bond donors (Lipinski definition) is 1. The third kappa shape index (κ3) is 5.08. The van der Waals surface area contributed by atoms with E-state index in [1.54, 1.807) is 30.3 Å². The average molecular weight is 463 g/mol. The number of hydrogen-bond acceptors (Lipinski definition) is 4. The quantitative estimate of drug-likeness (QED) is 0.617. The number of ether oxygens (including phenoxy) is 2. The Morgan fingerprint density at radius 2 is 1.77 bits per heavy atom. The van der Waals surface area contributed by atoms with E-state index in [0.29, 0.717) is 22.1 Å². The summed E-state index contributed by atoms with van der Waals surface area (Å²) in [5, 5.41) is 3.69. The van der Waals surface area contributed by atoms with Crippen LogP contribution in [0.3, 0.4) is 0 Å². The molecule has 164 valence electrons. The largest absolute Gasteiger partial charge is 0.454 e. The molecule has 1 aliphatic carbocycles. The molecule has 2 aromatic carbocycles. The first-order valence-corrected chi connectivity index (χ1v) is 11.3. The zero-order valence-corrected chi connectivity index (χ0v) is 18.5. The van der Waals surface area contributed by atoms with Crippen molar-refractivity contribution in [1.82, 2.24) is 10.2 Å². The Morgan fingerprint density at radius 1 is 1.06 bits per heavy atom. The first-order valence-electron chi connectivity index (χ1n) is 10.3. The lowest BCUT2D eigenvalue weighted by atomic mass is 10.0. The van der Waals surface area contributed by atoms with Crippen molar-refractivity contribution in [2.75, 3.05) is 12.7 Å². The van der Waals surface area contributed by atoms with Crippen molar-refractivity contribution < 1.29 is 19.1 Å². The van der Waals surface area contributed by atoms with Crippen molar-refractivity contribution in [3.05, 3.63) is 58.6 Å². The van der Waals surface area contributed by atoms with Gasteiger partial charge in [-0.15, -0.1) is 11.6 Å². The normalized spacial score (nSPS) is 16.2. The lowest BCUT2D eigenvalue weighted by Crippen LogP contribution is -2.46. The van der Waals surface area contributed by atoms with E-state index >= 15 is 0 Å². The summed E-state index contributed by atoms with van der Waals surface area (Å²) in [5.74, 6) is 0.501. The molecule has 1 saturated carbocycles. The molecule has 2 amide bonds. The predicted octanol–water partition coefficient (Wildman–Crippen LogP) is 4.44. The Bertz CT molecular complexity index is 945. The van der Waals surface area contributed by atoms with Crippen LogP contribution in [0.5, 0.6) is 11.5 Å². The molecular formula is C23H24Cl2N2O4. The minimum Gasteiger partial charge on any atom is -0.454 e. The number of amides is 2. The maximum absolute atomic E-state index is 13.4. The summed E-state index contributed by atoms with van der Waals surface area (Å²) in [7, 11) is 0. The van der Waals surface area contributed by atoms with Crippen LogP contribution in [0.15, 0.2) is 42.5 Å². The van der Waals surface area contributed by atoms with Crippen LogP contribution in [0.1, 0.15) is 42.9 Å². The highest BCUT2D eigenvalue weighted by Crippen LogP contribution is 2.34. The highest BCUT2D eigenvalue weighted by Gasteiger charge is 2.33. The third-order valence-electron chi connectivity index (χ3n) is 5.67. The molecule has 2 aliphatic rings. The number of alkyl halides is 1. The van der Waals surface area contributed by atoms with Crippen LogP contribution in [0, 0.1) is 0 Å². The number of benzene rings is 2. The molecule has 1 atom stereocenters. The number of fused-ring (bicyclic) bond motifs is 1. The second-order valence-corrected chi connectivity index (χ2v) is 8.49. The summed E-state index contributed by atoms with van der Waals surface area (Å²) >= 11 is 12.0. The van der Waals surface area contributed by atoms with Crippen LogP contribution in [0.2, 0.25) is 5.02 Å². The SMILES string of the molecule is O=C(NC1CCCC1)[C@H](c1ccc(Cl)cc1)N(Cc1ccc2c(c1)OCO2)C(=O)CCl. The lowest BCUT2D eigenvalue weighted by molar-refractivity contribution is -0.140. The van der Waals surface area contributed by atoms with Gasteiger partial charge in [0.15, 0.2) is 11.5 Å². The monoisotopic (exact) mass is 462 g/mol.